The Hall–Kier alpha value is -2.82. The average molecular weight is 460 g/mol. The van der Waals surface area contributed by atoms with Crippen LogP contribution in [-0.4, -0.2) is 20.5 Å². The number of halogens is 1. The summed E-state index contributed by atoms with van der Waals surface area (Å²) < 4.78 is 4.78. The Morgan fingerprint density at radius 3 is 2.53 bits per heavy atom. The van der Waals surface area contributed by atoms with Gasteiger partial charge in [0.25, 0.3) is 0 Å². The molecule has 1 aliphatic heterocycles. The monoisotopic (exact) mass is 459 g/mol. The molecule has 0 bridgehead atoms. The van der Waals surface area contributed by atoms with Crippen molar-refractivity contribution in [3.8, 4) is 22.4 Å². The number of rotatable bonds is 5. The van der Waals surface area contributed by atoms with Crippen LogP contribution in [0.15, 0.2) is 67.4 Å². The van der Waals surface area contributed by atoms with E-state index in [1.54, 1.807) is 0 Å². The van der Waals surface area contributed by atoms with E-state index >= 15 is 0 Å². The zero-order valence-corrected chi connectivity index (χ0v) is 19.8. The van der Waals surface area contributed by atoms with Crippen molar-refractivity contribution in [1.29, 1.82) is 0 Å². The minimum absolute atomic E-state index is 0.632. The number of aryl methyl sites for hydroxylation is 3. The summed E-state index contributed by atoms with van der Waals surface area (Å²) in [6.07, 6.45) is 7.44. The van der Waals surface area contributed by atoms with E-state index in [0.717, 1.165) is 47.1 Å². The van der Waals surface area contributed by atoms with Gasteiger partial charge in [-0.25, -0.2) is 0 Å². The van der Waals surface area contributed by atoms with Crippen molar-refractivity contribution in [1.82, 2.24) is 14.3 Å². The van der Waals surface area contributed by atoms with Crippen LogP contribution in [0, 0.1) is 6.92 Å². The summed E-state index contributed by atoms with van der Waals surface area (Å²) >= 11 is 12.1. The van der Waals surface area contributed by atoms with Gasteiger partial charge in [0.15, 0.2) is 0 Å². The van der Waals surface area contributed by atoms with E-state index in [1.807, 2.05) is 18.2 Å². The molecule has 1 N–H and O–H groups in total. The SMILES string of the molecule is C=CCNC(=S)c1c(-c2ccc(Cl)cc2)c2c3n(c(-c4ccc(C)cc4)cn13)CCCC2. The number of imidazole rings is 1. The number of hydrogen-bond acceptors (Lipinski definition) is 1. The molecule has 0 amide bonds. The van der Waals surface area contributed by atoms with Gasteiger partial charge >= 0.3 is 0 Å². The van der Waals surface area contributed by atoms with E-state index in [-0.39, 0.29) is 0 Å². The van der Waals surface area contributed by atoms with E-state index in [0.29, 0.717) is 6.54 Å². The summed E-state index contributed by atoms with van der Waals surface area (Å²) in [6, 6.07) is 16.9. The summed E-state index contributed by atoms with van der Waals surface area (Å²) in [5.74, 6) is 0. The number of thiocarbonyl (C=S) groups is 1. The second-order valence-corrected chi connectivity index (χ2v) is 9.24. The molecule has 0 unspecified atom stereocenters. The van der Waals surface area contributed by atoms with Gasteiger partial charge in [0.05, 0.1) is 11.4 Å². The fourth-order valence-corrected chi connectivity index (χ4v) is 5.15. The zero-order chi connectivity index (χ0) is 22.2. The second-order valence-electron chi connectivity index (χ2n) is 8.39. The largest absolute Gasteiger partial charge is 0.371 e. The average Bonchev–Trinajstić information content (AvgIpc) is 3.21. The summed E-state index contributed by atoms with van der Waals surface area (Å²) in [6.45, 7) is 7.60. The lowest BCUT2D eigenvalue weighted by Crippen LogP contribution is -2.24. The van der Waals surface area contributed by atoms with Gasteiger partial charge in [-0.15, -0.1) is 6.58 Å². The molecule has 0 saturated carbocycles. The molecule has 3 nitrogen and oxygen atoms in total. The van der Waals surface area contributed by atoms with E-state index < -0.39 is 0 Å². The number of nitrogens with zero attached hydrogens (tertiary/aromatic N) is 2. The molecule has 5 rings (SSSR count). The van der Waals surface area contributed by atoms with E-state index in [4.69, 9.17) is 23.8 Å². The minimum Gasteiger partial charge on any atom is -0.371 e. The van der Waals surface area contributed by atoms with Crippen LogP contribution in [-0.2, 0) is 13.0 Å². The predicted molar refractivity (Wildman–Crippen MR) is 139 cm³/mol. The molecule has 5 heteroatoms. The van der Waals surface area contributed by atoms with E-state index in [9.17, 15) is 0 Å². The lowest BCUT2D eigenvalue weighted by atomic mass is 9.98. The molecule has 0 atom stereocenters. The highest BCUT2D eigenvalue weighted by atomic mass is 35.5. The zero-order valence-electron chi connectivity index (χ0n) is 18.2. The van der Waals surface area contributed by atoms with Gasteiger partial charge in [-0.1, -0.05) is 71.9 Å². The van der Waals surface area contributed by atoms with E-state index in [2.05, 4.69) is 70.4 Å². The molecule has 3 heterocycles. The van der Waals surface area contributed by atoms with Crippen LogP contribution in [0.4, 0.5) is 0 Å². The lowest BCUT2D eigenvalue weighted by Gasteiger charge is -2.11. The van der Waals surface area contributed by atoms with E-state index in [1.165, 1.54) is 33.6 Å². The van der Waals surface area contributed by atoms with Gasteiger partial charge < -0.3 is 9.88 Å². The number of benzene rings is 2. The molecule has 162 valence electrons. The molecule has 0 spiro atoms. The molecule has 0 aliphatic carbocycles. The number of hydrogen-bond donors (Lipinski definition) is 1. The summed E-state index contributed by atoms with van der Waals surface area (Å²) in [5, 5.41) is 4.11. The van der Waals surface area contributed by atoms with Crippen LogP contribution < -0.4 is 5.32 Å². The minimum atomic E-state index is 0.632. The topological polar surface area (TPSA) is 21.4 Å². The van der Waals surface area contributed by atoms with Crippen LogP contribution in [0.25, 0.3) is 28.0 Å². The molecule has 0 saturated heterocycles. The quantitative estimate of drug-likeness (QED) is 0.261. The maximum atomic E-state index is 6.20. The van der Waals surface area contributed by atoms with Crippen LogP contribution in [0.2, 0.25) is 5.02 Å². The standard InChI is InChI=1S/C27H26ClN3S/c1-3-15-29-26(32)25-24(20-11-13-21(28)14-12-20)22-6-4-5-16-30-23(17-31(25)27(22)30)19-9-7-18(2)8-10-19/h3,7-14,17H,1,4-6,15-16H2,2H3,(H,29,32). The third-order valence-electron chi connectivity index (χ3n) is 6.24. The Labute approximate surface area is 199 Å². The Morgan fingerprint density at radius 1 is 1.09 bits per heavy atom. The molecule has 1 aliphatic rings. The third kappa shape index (κ3) is 3.58. The van der Waals surface area contributed by atoms with Crippen molar-refractivity contribution >= 4 is 34.5 Å². The Kier molecular flexibility index (Phi) is 5.66. The van der Waals surface area contributed by atoms with Crippen molar-refractivity contribution in [2.75, 3.05) is 6.54 Å². The molecule has 2 aromatic heterocycles. The van der Waals surface area contributed by atoms with Gasteiger partial charge in [-0.3, -0.25) is 4.40 Å². The normalized spacial score (nSPS) is 13.2. The highest BCUT2D eigenvalue weighted by Crippen LogP contribution is 2.39. The Bertz CT molecular complexity index is 1310. The first-order chi connectivity index (χ1) is 15.6. The Balaban J connectivity index is 1.81. The van der Waals surface area contributed by atoms with Crippen molar-refractivity contribution < 1.29 is 0 Å². The third-order valence-corrected chi connectivity index (χ3v) is 6.83. The van der Waals surface area contributed by atoms with Crippen molar-refractivity contribution in [2.24, 2.45) is 0 Å². The number of aromatic nitrogens is 2. The fourth-order valence-electron chi connectivity index (χ4n) is 4.74. The smallest absolute Gasteiger partial charge is 0.124 e. The molecule has 32 heavy (non-hydrogen) atoms. The van der Waals surface area contributed by atoms with Gasteiger partial charge in [0.1, 0.15) is 10.6 Å². The van der Waals surface area contributed by atoms with Crippen molar-refractivity contribution in [3.63, 3.8) is 0 Å². The van der Waals surface area contributed by atoms with Gasteiger partial charge in [0.2, 0.25) is 0 Å². The maximum Gasteiger partial charge on any atom is 0.124 e. The summed E-state index contributed by atoms with van der Waals surface area (Å²) in [5.41, 5.74) is 9.75. The van der Waals surface area contributed by atoms with Crippen LogP contribution in [0.5, 0.6) is 0 Å². The first kappa shape index (κ1) is 21.0. The lowest BCUT2D eigenvalue weighted by molar-refractivity contribution is 0.647. The fraction of sp³-hybridized carbons (Fsp3) is 0.222. The van der Waals surface area contributed by atoms with Gasteiger partial charge in [-0.05, 0) is 49.4 Å². The molecule has 0 fully saturated rings. The molecule has 2 aromatic carbocycles. The highest BCUT2D eigenvalue weighted by molar-refractivity contribution is 7.80. The predicted octanol–water partition coefficient (Wildman–Crippen LogP) is 6.82. The second kappa shape index (κ2) is 8.61. The summed E-state index contributed by atoms with van der Waals surface area (Å²) in [4.78, 5) is 0.740. The van der Waals surface area contributed by atoms with Crippen LogP contribution in [0.3, 0.4) is 0 Å². The van der Waals surface area contributed by atoms with Crippen LogP contribution in [0.1, 0.15) is 29.7 Å². The number of nitrogens with one attached hydrogen (secondary N) is 1. The van der Waals surface area contributed by atoms with Gasteiger partial charge in [0, 0.05) is 35.4 Å². The molecule has 0 radical (unpaired) electrons. The van der Waals surface area contributed by atoms with Crippen LogP contribution >= 0.6 is 23.8 Å². The summed E-state index contributed by atoms with van der Waals surface area (Å²) in [7, 11) is 0. The van der Waals surface area contributed by atoms with Crippen molar-refractivity contribution in [3.05, 3.63) is 89.2 Å². The molecule has 4 aromatic rings. The first-order valence-electron chi connectivity index (χ1n) is 11.1. The van der Waals surface area contributed by atoms with Gasteiger partial charge in [-0.2, -0.15) is 0 Å². The Morgan fingerprint density at radius 2 is 1.81 bits per heavy atom. The first-order valence-corrected chi connectivity index (χ1v) is 11.9. The molecular formula is C27H26ClN3S. The maximum absolute atomic E-state index is 6.20. The highest BCUT2D eigenvalue weighted by Gasteiger charge is 2.28. The van der Waals surface area contributed by atoms with Crippen molar-refractivity contribution in [2.45, 2.75) is 32.7 Å². The molecular weight excluding hydrogens is 434 g/mol.